The Labute approximate surface area is 269 Å². The van der Waals surface area contributed by atoms with E-state index in [4.69, 9.17) is 4.74 Å². The number of unbranched alkanes of at least 4 members (excludes halogenated alkanes) is 3. The maximum atomic E-state index is 7.49. The summed E-state index contributed by atoms with van der Waals surface area (Å²) in [6, 6.07) is 32.8. The Hall–Kier alpha value is -1.80. The Morgan fingerprint density at radius 3 is 1.40 bits per heavy atom. The van der Waals surface area contributed by atoms with Crippen molar-refractivity contribution < 1.29 is 4.74 Å². The molecule has 3 aromatic rings. The summed E-state index contributed by atoms with van der Waals surface area (Å²) in [5, 5.41) is 0. The van der Waals surface area contributed by atoms with Crippen molar-refractivity contribution in [2.45, 2.75) is 102 Å². The average molecular weight is 700 g/mol. The zero-order valence-corrected chi connectivity index (χ0v) is 31.7. The van der Waals surface area contributed by atoms with Gasteiger partial charge in [-0.3, -0.25) is 0 Å². The van der Waals surface area contributed by atoms with Gasteiger partial charge in [0.15, 0.2) is 0 Å². The number of benzene rings is 3. The zero-order chi connectivity index (χ0) is 30.8. The van der Waals surface area contributed by atoms with E-state index >= 15 is 0 Å². The van der Waals surface area contributed by atoms with Gasteiger partial charge in [-0.2, -0.15) is 0 Å². The van der Waals surface area contributed by atoms with Crippen molar-refractivity contribution in [3.05, 3.63) is 108 Å². The van der Waals surface area contributed by atoms with Gasteiger partial charge >= 0.3 is 271 Å². The molecule has 1 saturated carbocycles. The third-order valence-electron chi connectivity index (χ3n) is 9.61. The van der Waals surface area contributed by atoms with E-state index in [1.807, 2.05) is 0 Å². The minimum absolute atomic E-state index is 0.521. The van der Waals surface area contributed by atoms with Gasteiger partial charge in [0.25, 0.3) is 0 Å². The second-order valence-electron chi connectivity index (χ2n) is 14.0. The van der Waals surface area contributed by atoms with E-state index in [1.54, 1.807) is 13.3 Å². The van der Waals surface area contributed by atoms with Crippen LogP contribution < -0.4 is 0 Å². The molecule has 0 aromatic heterocycles. The van der Waals surface area contributed by atoms with Crippen LogP contribution in [0, 0.1) is 23.3 Å². The summed E-state index contributed by atoms with van der Waals surface area (Å²) in [5.41, 5.74) is 6.80. The predicted molar refractivity (Wildman–Crippen MR) is 192 cm³/mol. The number of ether oxygens (including phenoxy) is 1. The molecule has 4 rings (SSSR count). The summed E-state index contributed by atoms with van der Waals surface area (Å²) in [6.45, 7) is 15.1. The van der Waals surface area contributed by atoms with Crippen LogP contribution in [-0.2, 0) is 10.3 Å². The summed E-state index contributed by atoms with van der Waals surface area (Å²) in [7, 11) is -1.47. The fourth-order valence-corrected chi connectivity index (χ4v) is 28.3. The predicted octanol–water partition coefficient (Wildman–Crippen LogP) is 11.3. The van der Waals surface area contributed by atoms with E-state index < -0.39 is 32.1 Å². The van der Waals surface area contributed by atoms with Crippen LogP contribution in [0.4, 0.5) is 0 Å². The number of rotatable bonds is 16. The molecule has 3 aromatic carbocycles. The molecule has 0 spiro atoms. The van der Waals surface area contributed by atoms with Crippen molar-refractivity contribution in [3.63, 3.8) is 0 Å². The van der Waals surface area contributed by atoms with Gasteiger partial charge in [0.1, 0.15) is 0 Å². The Balaban J connectivity index is 1.79. The van der Waals surface area contributed by atoms with Crippen molar-refractivity contribution in [2.75, 3.05) is 6.61 Å². The molecule has 43 heavy (non-hydrogen) atoms. The third-order valence-corrected chi connectivity index (χ3v) is 28.3. The maximum absolute atomic E-state index is 7.49. The molecule has 0 saturated heterocycles. The van der Waals surface area contributed by atoms with Gasteiger partial charge in [-0.1, -0.05) is 0 Å². The van der Waals surface area contributed by atoms with Crippen molar-refractivity contribution in [2.24, 2.45) is 11.8 Å². The molecule has 0 amide bonds. The molecule has 1 aliphatic rings. The molecular formula is C40H56OSiSn. The van der Waals surface area contributed by atoms with E-state index in [1.165, 1.54) is 55.2 Å². The van der Waals surface area contributed by atoms with Gasteiger partial charge in [0, 0.05) is 0 Å². The van der Waals surface area contributed by atoms with Crippen LogP contribution in [0.1, 0.15) is 76.0 Å². The fraction of sp³-hybridized carbons (Fsp3) is 0.500. The van der Waals surface area contributed by atoms with E-state index in [2.05, 4.69) is 143 Å². The molecule has 0 aliphatic heterocycles. The van der Waals surface area contributed by atoms with Crippen molar-refractivity contribution >= 4 is 26.5 Å². The Morgan fingerprint density at radius 1 is 0.651 bits per heavy atom. The molecule has 3 atom stereocenters. The summed E-state index contributed by atoms with van der Waals surface area (Å²) < 4.78 is 12.9. The molecular weight excluding hydrogens is 643 g/mol. The van der Waals surface area contributed by atoms with Gasteiger partial charge in [-0.05, 0) is 0 Å². The van der Waals surface area contributed by atoms with E-state index in [-0.39, 0.29) is 0 Å². The van der Waals surface area contributed by atoms with E-state index in [9.17, 15) is 0 Å². The van der Waals surface area contributed by atoms with Crippen molar-refractivity contribution in [3.8, 4) is 11.5 Å². The van der Waals surface area contributed by atoms with Gasteiger partial charge in [0.2, 0.25) is 0 Å². The Morgan fingerprint density at radius 2 is 1.05 bits per heavy atom. The van der Waals surface area contributed by atoms with Gasteiger partial charge in [-0.25, -0.2) is 0 Å². The van der Waals surface area contributed by atoms with Crippen LogP contribution >= 0.6 is 0 Å². The quantitative estimate of drug-likeness (QED) is 0.0822. The topological polar surface area (TPSA) is 9.23 Å². The van der Waals surface area contributed by atoms with Crippen LogP contribution in [-0.4, -0.2) is 33.1 Å². The Kier molecular flexibility index (Phi) is 12.7. The van der Waals surface area contributed by atoms with Gasteiger partial charge in [0.05, 0.1) is 0 Å². The van der Waals surface area contributed by atoms with Crippen molar-refractivity contribution in [1.29, 1.82) is 0 Å². The second-order valence-corrected chi connectivity index (χ2v) is 32.7. The molecule has 0 bridgehead atoms. The van der Waals surface area contributed by atoms with Gasteiger partial charge in [-0.15, -0.1) is 0 Å². The molecule has 0 radical (unpaired) electrons. The molecule has 1 aliphatic carbocycles. The molecule has 1 fully saturated rings. The summed E-state index contributed by atoms with van der Waals surface area (Å²) in [5.74, 6) is 5.05. The first kappa shape index (κ1) is 34.1. The van der Waals surface area contributed by atoms with E-state index in [0.717, 1.165) is 10.5 Å². The van der Waals surface area contributed by atoms with Crippen molar-refractivity contribution in [1.82, 2.24) is 0 Å². The average Bonchev–Trinajstić information content (AvgIpc) is 3.75. The first-order chi connectivity index (χ1) is 20.8. The molecule has 230 valence electrons. The number of hydrogen-bond acceptors (Lipinski definition) is 1. The fourth-order valence-electron chi connectivity index (χ4n) is 7.36. The van der Waals surface area contributed by atoms with Gasteiger partial charge < -0.3 is 0 Å². The van der Waals surface area contributed by atoms with Crippen LogP contribution in [0.5, 0.6) is 0 Å². The normalized spacial score (nSPS) is 18.6. The summed E-state index contributed by atoms with van der Waals surface area (Å²) in [6.07, 6.45) is 8.16. The number of hydrogen-bond donors (Lipinski definition) is 0. The summed E-state index contributed by atoms with van der Waals surface area (Å²) in [4.78, 5) is 0. The molecule has 0 unspecified atom stereocenters. The summed E-state index contributed by atoms with van der Waals surface area (Å²) >= 11 is -2.53. The van der Waals surface area contributed by atoms with E-state index in [0.29, 0.717) is 11.8 Å². The zero-order valence-electron chi connectivity index (χ0n) is 27.9. The third kappa shape index (κ3) is 8.47. The van der Waals surface area contributed by atoms with Crippen LogP contribution in [0.25, 0.3) is 0 Å². The minimum atomic E-state index is -2.53. The van der Waals surface area contributed by atoms with Crippen LogP contribution in [0.3, 0.4) is 0 Å². The monoisotopic (exact) mass is 700 g/mol. The Bertz CT molecular complexity index is 1170. The standard InChI is InChI=1S/C28H29OSi.3C4H9.Sn/c1-30(2,3)20-19-23-21-24(23)22-29-28(25-13-7-4-8-14-25,26-15-9-5-10-16-26)27-17-11-6-12-18-27;3*1-3-4-2;/h4-18,21,23-24H,22H2,1-3H3;3*1,3-4H2,2H3;/t23-,24+;;;;/m1..../s1. The second kappa shape index (κ2) is 16.0. The molecule has 1 nitrogen and oxygen atoms in total. The SMILES string of the molecule is CCC[CH2][Sn]([CH2]CCC)([CH2]CCC)[C@@H]1[C@@H](C#C[Si](C)(C)C)[C@@H]1COC(c1ccccc1)(c1ccccc1)c1ccccc1. The van der Waals surface area contributed by atoms with Crippen LogP contribution in [0.15, 0.2) is 91.0 Å². The van der Waals surface area contributed by atoms with Crippen LogP contribution in [0.2, 0.25) is 36.9 Å². The molecule has 0 N–H and O–H groups in total. The first-order valence-corrected chi connectivity index (χ1v) is 28.3. The first-order valence-electron chi connectivity index (χ1n) is 17.1. The molecule has 0 heterocycles. The molecule has 3 heteroatoms.